The fourth-order valence-electron chi connectivity index (χ4n) is 3.77. The molecule has 1 aliphatic rings. The van der Waals surface area contributed by atoms with Crippen LogP contribution in [0.25, 0.3) is 15.9 Å². The molecule has 7 heteroatoms. The molecule has 1 amide bonds. The van der Waals surface area contributed by atoms with E-state index in [-0.39, 0.29) is 5.91 Å². The van der Waals surface area contributed by atoms with Crippen LogP contribution in [0.15, 0.2) is 60.7 Å². The van der Waals surface area contributed by atoms with Crippen molar-refractivity contribution in [3.63, 3.8) is 0 Å². The van der Waals surface area contributed by atoms with E-state index >= 15 is 0 Å². The quantitative estimate of drug-likeness (QED) is 0.526. The highest BCUT2D eigenvalue weighted by atomic mass is 32.1. The summed E-state index contributed by atoms with van der Waals surface area (Å²) in [6, 6.07) is 20.0. The van der Waals surface area contributed by atoms with Crippen LogP contribution in [0.5, 0.6) is 0 Å². The molecule has 0 radical (unpaired) electrons. The van der Waals surface area contributed by atoms with Gasteiger partial charge in [0, 0.05) is 42.9 Å². The highest BCUT2D eigenvalue weighted by molar-refractivity contribution is 7.20. The third-order valence-corrected chi connectivity index (χ3v) is 6.49. The first-order valence-corrected chi connectivity index (χ1v) is 10.9. The molecular weight excluding hydrogens is 394 g/mol. The molecular formula is C23H23N5OS. The van der Waals surface area contributed by atoms with E-state index in [0.717, 1.165) is 53.5 Å². The number of anilines is 2. The van der Waals surface area contributed by atoms with E-state index in [2.05, 4.69) is 32.8 Å². The van der Waals surface area contributed by atoms with Crippen molar-refractivity contribution >= 4 is 38.8 Å². The van der Waals surface area contributed by atoms with Crippen molar-refractivity contribution in [2.45, 2.75) is 6.92 Å². The summed E-state index contributed by atoms with van der Waals surface area (Å²) < 4.78 is 1.91. The number of nitrogens with zero attached hydrogens (tertiary/aromatic N) is 3. The molecule has 152 valence electrons. The van der Waals surface area contributed by atoms with Crippen molar-refractivity contribution in [1.29, 1.82) is 0 Å². The summed E-state index contributed by atoms with van der Waals surface area (Å²) in [6.07, 6.45) is 0. The van der Waals surface area contributed by atoms with E-state index in [4.69, 9.17) is 0 Å². The Labute approximate surface area is 179 Å². The number of fused-ring (bicyclic) bond motifs is 1. The number of carbonyl (C=O) groups is 1. The molecule has 1 fully saturated rings. The number of hydrogen-bond acceptors (Lipinski definition) is 5. The zero-order valence-electron chi connectivity index (χ0n) is 16.8. The molecule has 30 heavy (non-hydrogen) atoms. The van der Waals surface area contributed by atoms with Gasteiger partial charge in [-0.05, 0) is 49.4 Å². The molecule has 2 N–H and O–H groups in total. The normalized spacial score (nSPS) is 14.2. The Morgan fingerprint density at radius 2 is 1.77 bits per heavy atom. The molecule has 0 atom stereocenters. The molecule has 1 aliphatic heterocycles. The van der Waals surface area contributed by atoms with E-state index in [0.29, 0.717) is 4.88 Å². The molecule has 5 rings (SSSR count). The summed E-state index contributed by atoms with van der Waals surface area (Å²) in [6.45, 7) is 6.00. The predicted molar refractivity (Wildman–Crippen MR) is 123 cm³/mol. The lowest BCUT2D eigenvalue weighted by Gasteiger charge is -2.29. The van der Waals surface area contributed by atoms with E-state index in [9.17, 15) is 4.79 Å². The zero-order valence-corrected chi connectivity index (χ0v) is 17.6. The number of thiophene rings is 1. The standard InChI is InChI=1S/C23H23N5OS/c1-16-20-15-21(30-23(20)28(26-16)19-5-3-2-4-6-19)22(29)25-17-7-9-18(10-8-17)27-13-11-24-12-14-27/h2-10,15,24H,11-14H2,1H3,(H,25,29). The number of rotatable bonds is 4. The Hall–Kier alpha value is -3.16. The minimum Gasteiger partial charge on any atom is -0.369 e. The molecule has 0 aliphatic carbocycles. The highest BCUT2D eigenvalue weighted by Crippen LogP contribution is 2.31. The smallest absolute Gasteiger partial charge is 0.265 e. The Morgan fingerprint density at radius 1 is 1.03 bits per heavy atom. The maximum absolute atomic E-state index is 12.9. The fourth-order valence-corrected chi connectivity index (χ4v) is 4.85. The molecule has 4 aromatic rings. The Morgan fingerprint density at radius 3 is 2.50 bits per heavy atom. The minimum atomic E-state index is -0.0925. The van der Waals surface area contributed by atoms with Gasteiger partial charge in [0.2, 0.25) is 0 Å². The SMILES string of the molecule is Cc1nn(-c2ccccc2)c2sc(C(=O)Nc3ccc(N4CCNCC4)cc3)cc12. The molecule has 1 saturated heterocycles. The monoisotopic (exact) mass is 417 g/mol. The van der Waals surface area contributed by atoms with Crippen LogP contribution in [-0.4, -0.2) is 41.9 Å². The van der Waals surface area contributed by atoms with Crippen molar-refractivity contribution in [3.8, 4) is 5.69 Å². The highest BCUT2D eigenvalue weighted by Gasteiger charge is 2.17. The largest absolute Gasteiger partial charge is 0.369 e. The lowest BCUT2D eigenvalue weighted by Crippen LogP contribution is -2.43. The van der Waals surface area contributed by atoms with E-state index in [1.807, 2.05) is 60.1 Å². The van der Waals surface area contributed by atoms with Crippen LogP contribution in [0.1, 0.15) is 15.4 Å². The molecule has 0 bridgehead atoms. The number of carbonyl (C=O) groups excluding carboxylic acids is 1. The third-order valence-electron chi connectivity index (χ3n) is 5.38. The van der Waals surface area contributed by atoms with E-state index < -0.39 is 0 Å². The third kappa shape index (κ3) is 3.58. The van der Waals surface area contributed by atoms with Crippen LogP contribution in [0.4, 0.5) is 11.4 Å². The van der Waals surface area contributed by atoms with E-state index in [1.165, 1.54) is 17.0 Å². The van der Waals surface area contributed by atoms with Crippen LogP contribution in [-0.2, 0) is 0 Å². The number of piperazine rings is 1. The van der Waals surface area contributed by atoms with Gasteiger partial charge in [-0.2, -0.15) is 5.10 Å². The van der Waals surface area contributed by atoms with Crippen LogP contribution < -0.4 is 15.5 Å². The molecule has 3 heterocycles. The van der Waals surface area contributed by atoms with Gasteiger partial charge in [0.1, 0.15) is 4.83 Å². The first-order valence-electron chi connectivity index (χ1n) is 10.1. The fraction of sp³-hybridized carbons (Fsp3) is 0.217. The molecule has 2 aromatic heterocycles. The Kier molecular flexibility index (Phi) is 4.98. The summed E-state index contributed by atoms with van der Waals surface area (Å²) in [5, 5.41) is 12.1. The number of hydrogen-bond donors (Lipinski definition) is 2. The Balaban J connectivity index is 1.36. The lowest BCUT2D eigenvalue weighted by molar-refractivity contribution is 0.103. The maximum atomic E-state index is 12.9. The summed E-state index contributed by atoms with van der Waals surface area (Å²) in [7, 11) is 0. The number of aromatic nitrogens is 2. The molecule has 6 nitrogen and oxygen atoms in total. The van der Waals surface area contributed by atoms with Crippen molar-refractivity contribution < 1.29 is 4.79 Å². The van der Waals surface area contributed by atoms with Gasteiger partial charge in [0.05, 0.1) is 16.3 Å². The first kappa shape index (κ1) is 18.8. The van der Waals surface area contributed by atoms with Gasteiger partial charge in [-0.15, -0.1) is 11.3 Å². The summed E-state index contributed by atoms with van der Waals surface area (Å²) in [4.78, 5) is 16.9. The minimum absolute atomic E-state index is 0.0925. The van der Waals surface area contributed by atoms with Gasteiger partial charge in [-0.25, -0.2) is 4.68 Å². The summed E-state index contributed by atoms with van der Waals surface area (Å²) in [5.74, 6) is -0.0925. The number of amides is 1. The second-order valence-electron chi connectivity index (χ2n) is 7.40. The Bertz CT molecular complexity index is 1170. The second kappa shape index (κ2) is 7.93. The number of aryl methyl sites for hydroxylation is 1. The van der Waals surface area contributed by atoms with Crippen molar-refractivity contribution in [2.75, 3.05) is 36.4 Å². The predicted octanol–water partition coefficient (Wildman–Crippen LogP) is 4.06. The van der Waals surface area contributed by atoms with Gasteiger partial charge in [0.25, 0.3) is 5.91 Å². The average Bonchev–Trinajstić information content (AvgIpc) is 3.36. The lowest BCUT2D eigenvalue weighted by atomic mass is 10.2. The zero-order chi connectivity index (χ0) is 20.5. The summed E-state index contributed by atoms with van der Waals surface area (Å²) >= 11 is 1.47. The van der Waals surface area contributed by atoms with Gasteiger partial charge in [-0.1, -0.05) is 18.2 Å². The van der Waals surface area contributed by atoms with Gasteiger partial charge in [-0.3, -0.25) is 4.79 Å². The maximum Gasteiger partial charge on any atom is 0.265 e. The van der Waals surface area contributed by atoms with Crippen LogP contribution in [0.3, 0.4) is 0 Å². The topological polar surface area (TPSA) is 62.2 Å². The van der Waals surface area contributed by atoms with Crippen molar-refractivity contribution in [3.05, 3.63) is 71.2 Å². The molecule has 0 saturated carbocycles. The number of para-hydroxylation sites is 1. The van der Waals surface area contributed by atoms with Crippen LogP contribution >= 0.6 is 11.3 Å². The second-order valence-corrected chi connectivity index (χ2v) is 8.43. The van der Waals surface area contributed by atoms with Crippen molar-refractivity contribution in [2.24, 2.45) is 0 Å². The number of nitrogens with one attached hydrogen (secondary N) is 2. The first-order chi connectivity index (χ1) is 14.7. The van der Waals surface area contributed by atoms with Crippen LogP contribution in [0.2, 0.25) is 0 Å². The van der Waals surface area contributed by atoms with Crippen molar-refractivity contribution in [1.82, 2.24) is 15.1 Å². The van der Waals surface area contributed by atoms with E-state index in [1.54, 1.807) is 0 Å². The average molecular weight is 418 g/mol. The van der Waals surface area contributed by atoms with Gasteiger partial charge in [0.15, 0.2) is 0 Å². The van der Waals surface area contributed by atoms with Crippen LogP contribution in [0, 0.1) is 6.92 Å². The molecule has 0 unspecified atom stereocenters. The van der Waals surface area contributed by atoms with Gasteiger partial charge < -0.3 is 15.5 Å². The molecule has 2 aromatic carbocycles. The van der Waals surface area contributed by atoms with Gasteiger partial charge >= 0.3 is 0 Å². The number of benzene rings is 2. The summed E-state index contributed by atoms with van der Waals surface area (Å²) in [5.41, 5.74) is 3.91. The molecule has 0 spiro atoms.